The van der Waals surface area contributed by atoms with Crippen molar-refractivity contribution in [2.75, 3.05) is 26.2 Å². The van der Waals surface area contributed by atoms with Crippen LogP contribution in [0.2, 0.25) is 0 Å². The molecule has 16 heavy (non-hydrogen) atoms. The summed E-state index contributed by atoms with van der Waals surface area (Å²) in [6, 6.07) is 1.48. The van der Waals surface area contributed by atoms with Crippen LogP contribution in [0.15, 0.2) is 0 Å². The van der Waals surface area contributed by atoms with Crippen molar-refractivity contribution in [3.8, 4) is 0 Å². The summed E-state index contributed by atoms with van der Waals surface area (Å²) in [5.74, 6) is 0. The number of nitrogens with two attached hydrogens (primary N) is 1. The zero-order valence-corrected chi connectivity index (χ0v) is 11.0. The number of hydrogen-bond acceptors (Lipinski definition) is 3. The first kappa shape index (κ1) is 12.3. The van der Waals surface area contributed by atoms with E-state index >= 15 is 0 Å². The SMILES string of the molecule is CCC(CC(N)=S)N1CCN(C2CC2)CC1. The minimum atomic E-state index is 0.568. The van der Waals surface area contributed by atoms with Crippen LogP contribution in [0.25, 0.3) is 0 Å². The molecule has 0 radical (unpaired) electrons. The lowest BCUT2D eigenvalue weighted by Gasteiger charge is -2.39. The Morgan fingerprint density at radius 3 is 2.38 bits per heavy atom. The Bertz CT molecular complexity index is 245. The topological polar surface area (TPSA) is 32.5 Å². The van der Waals surface area contributed by atoms with Gasteiger partial charge in [-0.1, -0.05) is 19.1 Å². The third kappa shape index (κ3) is 3.15. The first-order chi connectivity index (χ1) is 7.70. The molecule has 1 atom stereocenters. The number of nitrogens with zero attached hydrogens (tertiary/aromatic N) is 2. The van der Waals surface area contributed by atoms with E-state index in [4.69, 9.17) is 18.0 Å². The number of piperazine rings is 1. The lowest BCUT2D eigenvalue weighted by molar-refractivity contribution is 0.0920. The molecule has 0 aromatic rings. The average molecular weight is 241 g/mol. The zero-order chi connectivity index (χ0) is 11.5. The normalized spacial score (nSPS) is 25.6. The van der Waals surface area contributed by atoms with Crippen LogP contribution in [0.1, 0.15) is 32.6 Å². The van der Waals surface area contributed by atoms with E-state index in [1.54, 1.807) is 0 Å². The van der Waals surface area contributed by atoms with Crippen molar-refractivity contribution in [2.24, 2.45) is 5.73 Å². The van der Waals surface area contributed by atoms with Crippen LogP contribution in [0.4, 0.5) is 0 Å². The molecule has 0 spiro atoms. The van der Waals surface area contributed by atoms with E-state index in [1.165, 1.54) is 39.0 Å². The van der Waals surface area contributed by atoms with Gasteiger partial charge in [-0.05, 0) is 19.3 Å². The van der Waals surface area contributed by atoms with Crippen molar-refractivity contribution >= 4 is 17.2 Å². The van der Waals surface area contributed by atoms with Gasteiger partial charge in [0.15, 0.2) is 0 Å². The number of thiocarbonyl (C=S) groups is 1. The van der Waals surface area contributed by atoms with Crippen molar-refractivity contribution in [3.05, 3.63) is 0 Å². The Balaban J connectivity index is 1.78. The van der Waals surface area contributed by atoms with E-state index in [9.17, 15) is 0 Å². The lowest BCUT2D eigenvalue weighted by atomic mass is 10.1. The second-order valence-corrected chi connectivity index (χ2v) is 5.56. The summed E-state index contributed by atoms with van der Waals surface area (Å²) in [5, 5.41) is 0. The number of rotatable bonds is 5. The molecule has 2 aliphatic rings. The summed E-state index contributed by atoms with van der Waals surface area (Å²) in [5.41, 5.74) is 5.66. The molecule has 0 amide bonds. The maximum Gasteiger partial charge on any atom is 0.0743 e. The van der Waals surface area contributed by atoms with E-state index in [-0.39, 0.29) is 0 Å². The maximum atomic E-state index is 5.66. The molecule has 2 rings (SSSR count). The summed E-state index contributed by atoms with van der Waals surface area (Å²) in [4.78, 5) is 5.87. The fraction of sp³-hybridized carbons (Fsp3) is 0.917. The van der Waals surface area contributed by atoms with Gasteiger partial charge in [0.2, 0.25) is 0 Å². The highest BCUT2D eigenvalue weighted by Crippen LogP contribution is 2.28. The molecule has 0 aromatic heterocycles. The highest BCUT2D eigenvalue weighted by molar-refractivity contribution is 7.80. The van der Waals surface area contributed by atoms with Gasteiger partial charge in [0.1, 0.15) is 0 Å². The highest BCUT2D eigenvalue weighted by atomic mass is 32.1. The fourth-order valence-corrected chi connectivity index (χ4v) is 2.86. The molecule has 1 saturated heterocycles. The van der Waals surface area contributed by atoms with E-state index in [1.807, 2.05) is 0 Å². The molecule has 0 aromatic carbocycles. The van der Waals surface area contributed by atoms with Gasteiger partial charge in [-0.2, -0.15) is 0 Å². The Morgan fingerprint density at radius 1 is 1.31 bits per heavy atom. The molecule has 1 aliphatic heterocycles. The molecule has 92 valence electrons. The van der Waals surface area contributed by atoms with Crippen LogP contribution in [-0.2, 0) is 0 Å². The van der Waals surface area contributed by atoms with Crippen molar-refractivity contribution in [2.45, 2.75) is 44.7 Å². The summed E-state index contributed by atoms with van der Waals surface area (Å²) in [6.07, 6.45) is 4.88. The smallest absolute Gasteiger partial charge is 0.0743 e. The Hall–Kier alpha value is -0.190. The minimum Gasteiger partial charge on any atom is -0.393 e. The molecule has 1 saturated carbocycles. The molecule has 1 aliphatic carbocycles. The van der Waals surface area contributed by atoms with Gasteiger partial charge in [0.05, 0.1) is 4.99 Å². The third-order valence-electron chi connectivity index (χ3n) is 3.84. The maximum absolute atomic E-state index is 5.66. The van der Waals surface area contributed by atoms with Gasteiger partial charge >= 0.3 is 0 Å². The van der Waals surface area contributed by atoms with E-state index in [0.717, 1.165) is 18.9 Å². The quantitative estimate of drug-likeness (QED) is 0.734. The first-order valence-electron chi connectivity index (χ1n) is 6.47. The van der Waals surface area contributed by atoms with Crippen molar-refractivity contribution in [1.29, 1.82) is 0 Å². The summed E-state index contributed by atoms with van der Waals surface area (Å²) >= 11 is 5.02. The van der Waals surface area contributed by atoms with Gasteiger partial charge in [0.25, 0.3) is 0 Å². The molecule has 2 N–H and O–H groups in total. The molecular formula is C12H23N3S. The predicted molar refractivity (Wildman–Crippen MR) is 71.6 cm³/mol. The van der Waals surface area contributed by atoms with Crippen LogP contribution in [0, 0.1) is 0 Å². The van der Waals surface area contributed by atoms with E-state index in [2.05, 4.69) is 16.7 Å². The van der Waals surface area contributed by atoms with Gasteiger partial charge in [-0.3, -0.25) is 9.80 Å². The highest BCUT2D eigenvalue weighted by Gasteiger charge is 2.32. The second-order valence-electron chi connectivity index (χ2n) is 5.04. The molecule has 0 bridgehead atoms. The molecule has 1 unspecified atom stereocenters. The Kier molecular flexibility index (Phi) is 4.16. The van der Waals surface area contributed by atoms with Crippen LogP contribution in [-0.4, -0.2) is 53.1 Å². The standard InChI is InChI=1S/C12H23N3S/c1-2-10(9-12(13)16)14-5-7-15(8-6-14)11-3-4-11/h10-11H,2-9H2,1H3,(H2,13,16). The van der Waals surface area contributed by atoms with Crippen molar-refractivity contribution < 1.29 is 0 Å². The van der Waals surface area contributed by atoms with Gasteiger partial charge in [0, 0.05) is 44.7 Å². The lowest BCUT2D eigenvalue weighted by Crippen LogP contribution is -2.51. The third-order valence-corrected chi connectivity index (χ3v) is 4.00. The van der Waals surface area contributed by atoms with Crippen molar-refractivity contribution in [3.63, 3.8) is 0 Å². The molecule has 1 heterocycles. The minimum absolute atomic E-state index is 0.568. The summed E-state index contributed by atoms with van der Waals surface area (Å²) < 4.78 is 0. The summed E-state index contributed by atoms with van der Waals surface area (Å²) in [7, 11) is 0. The van der Waals surface area contributed by atoms with E-state index in [0.29, 0.717) is 11.0 Å². The van der Waals surface area contributed by atoms with Crippen molar-refractivity contribution in [1.82, 2.24) is 9.80 Å². The summed E-state index contributed by atoms with van der Waals surface area (Å²) in [6.45, 7) is 7.09. The van der Waals surface area contributed by atoms with Crippen LogP contribution >= 0.6 is 12.2 Å². The Morgan fingerprint density at radius 2 is 1.94 bits per heavy atom. The van der Waals surface area contributed by atoms with Gasteiger partial charge in [-0.15, -0.1) is 0 Å². The fourth-order valence-electron chi connectivity index (χ4n) is 2.67. The molecule has 4 heteroatoms. The average Bonchev–Trinajstić information content (AvgIpc) is 3.10. The monoisotopic (exact) mass is 241 g/mol. The van der Waals surface area contributed by atoms with Gasteiger partial charge < -0.3 is 5.73 Å². The van der Waals surface area contributed by atoms with Crippen LogP contribution < -0.4 is 5.73 Å². The second kappa shape index (κ2) is 5.43. The molecule has 3 nitrogen and oxygen atoms in total. The van der Waals surface area contributed by atoms with Crippen LogP contribution in [0.5, 0.6) is 0 Å². The zero-order valence-electron chi connectivity index (χ0n) is 10.2. The largest absolute Gasteiger partial charge is 0.393 e. The number of hydrogen-bond donors (Lipinski definition) is 1. The van der Waals surface area contributed by atoms with Gasteiger partial charge in [-0.25, -0.2) is 0 Å². The molecule has 2 fully saturated rings. The van der Waals surface area contributed by atoms with Crippen LogP contribution in [0.3, 0.4) is 0 Å². The predicted octanol–water partition coefficient (Wildman–Crippen LogP) is 1.22. The Labute approximate surface area is 104 Å². The first-order valence-corrected chi connectivity index (χ1v) is 6.88. The molecular weight excluding hydrogens is 218 g/mol. The van der Waals surface area contributed by atoms with E-state index < -0.39 is 0 Å².